The van der Waals surface area contributed by atoms with Gasteiger partial charge >= 0.3 is 0 Å². The molecule has 1 atom stereocenters. The zero-order valence-electron chi connectivity index (χ0n) is 15.0. The van der Waals surface area contributed by atoms with E-state index in [0.29, 0.717) is 18.0 Å². The molecule has 5 heteroatoms. The van der Waals surface area contributed by atoms with E-state index in [1.165, 1.54) is 30.8 Å². The number of nitrogens with zero attached hydrogens (tertiary/aromatic N) is 2. The summed E-state index contributed by atoms with van der Waals surface area (Å²) < 4.78 is 0. The lowest BCUT2D eigenvalue weighted by Crippen LogP contribution is -2.49. The van der Waals surface area contributed by atoms with Crippen LogP contribution in [-0.4, -0.2) is 49.1 Å². The molecule has 2 heterocycles. The smallest absolute Gasteiger partial charge is 0.191 e. The minimum absolute atomic E-state index is 0.480. The van der Waals surface area contributed by atoms with E-state index in [4.69, 9.17) is 4.99 Å². The van der Waals surface area contributed by atoms with Crippen LogP contribution in [0.3, 0.4) is 0 Å². The summed E-state index contributed by atoms with van der Waals surface area (Å²) in [6.07, 6.45) is 2.39. The zero-order valence-corrected chi connectivity index (χ0v) is 15.8. The Hall–Kier alpha value is -1.07. The van der Waals surface area contributed by atoms with Crippen molar-refractivity contribution in [3.05, 3.63) is 22.4 Å². The highest BCUT2D eigenvalue weighted by Crippen LogP contribution is 2.20. The molecule has 0 radical (unpaired) electrons. The molecule has 0 saturated carbocycles. The van der Waals surface area contributed by atoms with E-state index < -0.39 is 0 Å². The van der Waals surface area contributed by atoms with Gasteiger partial charge in [-0.3, -0.25) is 4.99 Å². The number of hydrogen-bond donors (Lipinski definition) is 2. The molecule has 1 fully saturated rings. The fourth-order valence-corrected chi connectivity index (χ4v) is 3.74. The lowest BCUT2D eigenvalue weighted by molar-refractivity contribution is 0.167. The topological polar surface area (TPSA) is 39.7 Å². The summed E-state index contributed by atoms with van der Waals surface area (Å²) in [4.78, 5) is 8.77. The molecule has 2 N–H and O–H groups in total. The molecule has 0 amide bonds. The molecule has 0 bridgehead atoms. The molecule has 1 aromatic rings. The van der Waals surface area contributed by atoms with Gasteiger partial charge in [0, 0.05) is 42.5 Å². The van der Waals surface area contributed by atoms with Crippen molar-refractivity contribution in [2.45, 2.75) is 58.5 Å². The summed E-state index contributed by atoms with van der Waals surface area (Å²) in [6.45, 7) is 13.0. The second-order valence-corrected chi connectivity index (χ2v) is 7.66. The van der Waals surface area contributed by atoms with Gasteiger partial charge in [-0.05, 0) is 45.1 Å². The van der Waals surface area contributed by atoms with Crippen LogP contribution in [0.15, 0.2) is 22.5 Å². The Labute approximate surface area is 145 Å². The lowest BCUT2D eigenvalue weighted by atomic mass is 10.0. The van der Waals surface area contributed by atoms with E-state index in [2.05, 4.69) is 60.7 Å². The van der Waals surface area contributed by atoms with E-state index in [1.807, 2.05) is 11.3 Å². The maximum atomic E-state index is 4.81. The summed E-state index contributed by atoms with van der Waals surface area (Å²) in [5.41, 5.74) is 0. The van der Waals surface area contributed by atoms with Crippen molar-refractivity contribution >= 4 is 17.3 Å². The SMILES string of the molecule is CCNC(=NCC(C)c1cccs1)NC1CCN(C(C)C)CC1. The third-order valence-corrected chi connectivity index (χ3v) is 5.60. The highest BCUT2D eigenvalue weighted by atomic mass is 32.1. The average Bonchev–Trinajstić information content (AvgIpc) is 3.07. The number of piperidine rings is 1. The zero-order chi connectivity index (χ0) is 16.7. The number of thiophene rings is 1. The largest absolute Gasteiger partial charge is 0.357 e. The minimum atomic E-state index is 0.480. The highest BCUT2D eigenvalue weighted by molar-refractivity contribution is 7.10. The van der Waals surface area contributed by atoms with Gasteiger partial charge in [-0.1, -0.05) is 13.0 Å². The molecule has 130 valence electrons. The second-order valence-electron chi connectivity index (χ2n) is 6.68. The molecular weight excluding hydrogens is 304 g/mol. The Morgan fingerprint density at radius 3 is 2.65 bits per heavy atom. The highest BCUT2D eigenvalue weighted by Gasteiger charge is 2.21. The van der Waals surface area contributed by atoms with Crippen LogP contribution in [-0.2, 0) is 0 Å². The minimum Gasteiger partial charge on any atom is -0.357 e. The van der Waals surface area contributed by atoms with E-state index in [1.54, 1.807) is 0 Å². The number of aliphatic imine (C=N–C) groups is 1. The Kier molecular flexibility index (Phi) is 7.37. The summed E-state index contributed by atoms with van der Waals surface area (Å²) in [6, 6.07) is 5.52. The van der Waals surface area contributed by atoms with Crippen molar-refractivity contribution in [3.63, 3.8) is 0 Å². The summed E-state index contributed by atoms with van der Waals surface area (Å²) in [5, 5.41) is 9.17. The Bertz CT molecular complexity index is 461. The standard InChI is InChI=1S/C18H32N4S/c1-5-19-18(20-13-15(4)17-7-6-12-23-17)21-16-8-10-22(11-9-16)14(2)3/h6-7,12,14-16H,5,8-11,13H2,1-4H3,(H2,19,20,21). The van der Waals surface area contributed by atoms with E-state index in [0.717, 1.165) is 19.0 Å². The quantitative estimate of drug-likeness (QED) is 0.619. The van der Waals surface area contributed by atoms with Gasteiger partial charge in [0.15, 0.2) is 5.96 Å². The van der Waals surface area contributed by atoms with Crippen molar-refractivity contribution < 1.29 is 0 Å². The fourth-order valence-electron chi connectivity index (χ4n) is 2.96. The molecule has 0 aliphatic carbocycles. The monoisotopic (exact) mass is 336 g/mol. The average molecular weight is 337 g/mol. The van der Waals surface area contributed by atoms with E-state index in [-0.39, 0.29) is 0 Å². The van der Waals surface area contributed by atoms with Gasteiger partial charge in [0.1, 0.15) is 0 Å². The predicted octanol–water partition coefficient (Wildman–Crippen LogP) is 3.28. The number of hydrogen-bond acceptors (Lipinski definition) is 3. The molecule has 0 spiro atoms. The molecular formula is C18H32N4S. The number of rotatable bonds is 6. The van der Waals surface area contributed by atoms with Crippen LogP contribution >= 0.6 is 11.3 Å². The molecule has 0 aromatic carbocycles. The van der Waals surface area contributed by atoms with Crippen molar-refractivity contribution in [1.82, 2.24) is 15.5 Å². The second kappa shape index (κ2) is 9.28. The lowest BCUT2D eigenvalue weighted by Gasteiger charge is -2.35. The van der Waals surface area contributed by atoms with Crippen molar-refractivity contribution in [3.8, 4) is 0 Å². The molecule has 1 aliphatic rings. The van der Waals surface area contributed by atoms with Gasteiger partial charge in [0.05, 0.1) is 6.54 Å². The fraction of sp³-hybridized carbons (Fsp3) is 0.722. The van der Waals surface area contributed by atoms with Crippen LogP contribution < -0.4 is 10.6 Å². The molecule has 1 aromatic heterocycles. The maximum Gasteiger partial charge on any atom is 0.191 e. The summed E-state index contributed by atoms with van der Waals surface area (Å²) in [7, 11) is 0. The van der Waals surface area contributed by atoms with Crippen LogP contribution in [0.5, 0.6) is 0 Å². The first-order valence-corrected chi connectivity index (χ1v) is 9.80. The van der Waals surface area contributed by atoms with Gasteiger partial charge in [-0.2, -0.15) is 0 Å². The molecule has 1 aliphatic heterocycles. The van der Waals surface area contributed by atoms with Gasteiger partial charge in [-0.15, -0.1) is 11.3 Å². The summed E-state index contributed by atoms with van der Waals surface area (Å²) >= 11 is 1.82. The first-order valence-electron chi connectivity index (χ1n) is 8.92. The number of nitrogens with one attached hydrogen (secondary N) is 2. The van der Waals surface area contributed by atoms with Crippen LogP contribution in [0.2, 0.25) is 0 Å². The van der Waals surface area contributed by atoms with Gasteiger partial charge in [0.25, 0.3) is 0 Å². The first kappa shape index (κ1) is 18.3. The number of likely N-dealkylation sites (tertiary alicyclic amines) is 1. The van der Waals surface area contributed by atoms with Crippen molar-refractivity contribution in [2.75, 3.05) is 26.2 Å². The van der Waals surface area contributed by atoms with Gasteiger partial charge in [0.2, 0.25) is 0 Å². The van der Waals surface area contributed by atoms with Crippen LogP contribution in [0, 0.1) is 0 Å². The third kappa shape index (κ3) is 5.81. The van der Waals surface area contributed by atoms with Gasteiger partial charge in [-0.25, -0.2) is 0 Å². The molecule has 23 heavy (non-hydrogen) atoms. The van der Waals surface area contributed by atoms with Crippen LogP contribution in [0.4, 0.5) is 0 Å². The predicted molar refractivity (Wildman–Crippen MR) is 102 cm³/mol. The Morgan fingerprint density at radius 2 is 2.09 bits per heavy atom. The molecule has 1 unspecified atom stereocenters. The molecule has 4 nitrogen and oxygen atoms in total. The maximum absolute atomic E-state index is 4.81. The Balaban J connectivity index is 1.85. The molecule has 2 rings (SSSR count). The van der Waals surface area contributed by atoms with Crippen LogP contribution in [0.25, 0.3) is 0 Å². The molecule has 1 saturated heterocycles. The summed E-state index contributed by atoms with van der Waals surface area (Å²) in [5.74, 6) is 1.45. The van der Waals surface area contributed by atoms with Crippen LogP contribution in [0.1, 0.15) is 51.3 Å². The normalized spacial score (nSPS) is 19.1. The van der Waals surface area contributed by atoms with E-state index >= 15 is 0 Å². The first-order chi connectivity index (χ1) is 11.1. The van der Waals surface area contributed by atoms with Crippen molar-refractivity contribution in [2.24, 2.45) is 4.99 Å². The van der Waals surface area contributed by atoms with Gasteiger partial charge < -0.3 is 15.5 Å². The van der Waals surface area contributed by atoms with E-state index in [9.17, 15) is 0 Å². The third-order valence-electron chi connectivity index (χ3n) is 4.50. The Morgan fingerprint density at radius 1 is 1.35 bits per heavy atom. The number of guanidine groups is 1. The van der Waals surface area contributed by atoms with Crippen molar-refractivity contribution in [1.29, 1.82) is 0 Å².